The molecule has 146 valence electrons. The zero-order valence-electron chi connectivity index (χ0n) is 15.4. The Morgan fingerprint density at radius 2 is 2.00 bits per heavy atom. The summed E-state index contributed by atoms with van der Waals surface area (Å²) in [5, 5.41) is 0.282. The van der Waals surface area contributed by atoms with Gasteiger partial charge in [0.2, 0.25) is 0 Å². The number of H-pyrrole nitrogens is 1. The van der Waals surface area contributed by atoms with Crippen LogP contribution in [0.1, 0.15) is 51.4 Å². The van der Waals surface area contributed by atoms with E-state index in [1.54, 1.807) is 13.8 Å². The molecule has 0 aliphatic heterocycles. The third kappa shape index (κ3) is 3.65. The van der Waals surface area contributed by atoms with Crippen molar-refractivity contribution in [2.75, 3.05) is 6.61 Å². The molecule has 0 saturated carbocycles. The zero-order valence-corrected chi connectivity index (χ0v) is 16.2. The number of nitrogens with one attached hydrogen (secondary N) is 1. The third-order valence-electron chi connectivity index (χ3n) is 4.04. The second-order valence-corrected chi connectivity index (χ2v) is 6.93. The van der Waals surface area contributed by atoms with Crippen LogP contribution in [0.15, 0.2) is 29.1 Å². The molecule has 2 aromatic heterocycles. The summed E-state index contributed by atoms with van der Waals surface area (Å²) in [7, 11) is 0. The molecule has 9 heteroatoms. The molecule has 0 bridgehead atoms. The van der Waals surface area contributed by atoms with Gasteiger partial charge >= 0.3 is 11.9 Å². The molecule has 0 fully saturated rings. The summed E-state index contributed by atoms with van der Waals surface area (Å²) in [6.07, 6.45) is -0.933. The number of aryl methyl sites for hydroxylation is 1. The van der Waals surface area contributed by atoms with Crippen molar-refractivity contribution in [2.45, 2.75) is 26.9 Å². The molecule has 0 aliphatic rings. The number of ether oxygens (including phenoxy) is 2. The van der Waals surface area contributed by atoms with E-state index in [-0.39, 0.29) is 23.4 Å². The predicted octanol–water partition coefficient (Wildman–Crippen LogP) is 3.53. The van der Waals surface area contributed by atoms with Gasteiger partial charge in [0.1, 0.15) is 15.5 Å². The lowest BCUT2D eigenvalue weighted by atomic mass is 10.2. The fourth-order valence-corrected chi connectivity index (χ4v) is 3.73. The van der Waals surface area contributed by atoms with Crippen molar-refractivity contribution in [3.05, 3.63) is 62.3 Å². The zero-order chi connectivity index (χ0) is 20.4. The third-order valence-corrected chi connectivity index (χ3v) is 5.21. The average molecular weight is 404 g/mol. The number of hydrogen-bond donors (Lipinski definition) is 1. The first-order valence-electron chi connectivity index (χ1n) is 8.49. The Hall–Kier alpha value is -3.07. The van der Waals surface area contributed by atoms with Crippen LogP contribution in [0.25, 0.3) is 10.2 Å². The molecule has 0 saturated heterocycles. The number of rotatable bonds is 5. The molecule has 3 rings (SSSR count). The van der Waals surface area contributed by atoms with Gasteiger partial charge in [-0.05, 0) is 38.5 Å². The number of fused-ring (bicyclic) bond motifs is 1. The van der Waals surface area contributed by atoms with Crippen molar-refractivity contribution < 1.29 is 23.5 Å². The van der Waals surface area contributed by atoms with Gasteiger partial charge in [-0.25, -0.2) is 19.0 Å². The number of aromatic nitrogens is 2. The van der Waals surface area contributed by atoms with Gasteiger partial charge in [-0.15, -0.1) is 11.3 Å². The van der Waals surface area contributed by atoms with Gasteiger partial charge in [0.05, 0.1) is 17.6 Å². The second-order valence-electron chi connectivity index (χ2n) is 5.94. The Morgan fingerprint density at radius 1 is 1.29 bits per heavy atom. The van der Waals surface area contributed by atoms with Gasteiger partial charge in [-0.2, -0.15) is 0 Å². The summed E-state index contributed by atoms with van der Waals surface area (Å²) >= 11 is 1.03. The van der Waals surface area contributed by atoms with Crippen LogP contribution in [0.4, 0.5) is 4.39 Å². The van der Waals surface area contributed by atoms with Crippen LogP contribution >= 0.6 is 11.3 Å². The number of esters is 2. The van der Waals surface area contributed by atoms with Gasteiger partial charge in [0, 0.05) is 0 Å². The van der Waals surface area contributed by atoms with Crippen molar-refractivity contribution in [1.29, 1.82) is 0 Å². The number of hydrogen-bond acceptors (Lipinski definition) is 7. The quantitative estimate of drug-likeness (QED) is 0.653. The molecule has 0 amide bonds. The van der Waals surface area contributed by atoms with Gasteiger partial charge in [-0.3, -0.25) is 4.79 Å². The first kappa shape index (κ1) is 19.7. The molecule has 0 unspecified atom stereocenters. The fraction of sp³-hybridized carbons (Fsp3) is 0.263. The SMILES string of the molecule is CCOC(=O)c1sc2nc([C@@H](C)OC(=O)c3ccccc3F)[nH]c(=O)c2c1C. The Balaban J connectivity index is 1.93. The van der Waals surface area contributed by atoms with Crippen molar-refractivity contribution in [3.8, 4) is 0 Å². The maximum absolute atomic E-state index is 13.7. The first-order chi connectivity index (χ1) is 13.3. The monoisotopic (exact) mass is 404 g/mol. The molecule has 1 atom stereocenters. The molecular weight excluding hydrogens is 387 g/mol. The summed E-state index contributed by atoms with van der Waals surface area (Å²) in [6.45, 7) is 5.05. The first-order valence-corrected chi connectivity index (χ1v) is 9.31. The highest BCUT2D eigenvalue weighted by Crippen LogP contribution is 2.28. The van der Waals surface area contributed by atoms with Crippen LogP contribution in [0.3, 0.4) is 0 Å². The number of nitrogens with zero attached hydrogens (tertiary/aromatic N) is 1. The van der Waals surface area contributed by atoms with E-state index in [1.165, 1.54) is 25.1 Å². The van der Waals surface area contributed by atoms with Crippen LogP contribution in [0.5, 0.6) is 0 Å². The van der Waals surface area contributed by atoms with Crippen LogP contribution in [0.2, 0.25) is 0 Å². The van der Waals surface area contributed by atoms with Gasteiger partial charge in [0.15, 0.2) is 11.9 Å². The Kier molecular flexibility index (Phi) is 5.55. The van der Waals surface area contributed by atoms with E-state index in [9.17, 15) is 18.8 Å². The van der Waals surface area contributed by atoms with E-state index in [4.69, 9.17) is 9.47 Å². The lowest BCUT2D eigenvalue weighted by molar-refractivity contribution is 0.0314. The Labute approximate surface area is 163 Å². The number of carbonyl (C=O) groups is 2. The summed E-state index contributed by atoms with van der Waals surface area (Å²) in [6, 6.07) is 5.43. The summed E-state index contributed by atoms with van der Waals surface area (Å²) in [4.78, 5) is 44.2. The Morgan fingerprint density at radius 3 is 2.68 bits per heavy atom. The molecule has 0 aliphatic carbocycles. The predicted molar refractivity (Wildman–Crippen MR) is 101 cm³/mol. The van der Waals surface area contributed by atoms with E-state index < -0.39 is 29.4 Å². The minimum atomic E-state index is -0.933. The maximum atomic E-state index is 13.7. The highest BCUT2D eigenvalue weighted by Gasteiger charge is 2.23. The highest BCUT2D eigenvalue weighted by molar-refractivity contribution is 7.20. The van der Waals surface area contributed by atoms with E-state index in [2.05, 4.69) is 9.97 Å². The number of benzene rings is 1. The molecule has 2 heterocycles. The number of aromatic amines is 1. The molecule has 0 spiro atoms. The van der Waals surface area contributed by atoms with Crippen molar-refractivity contribution in [1.82, 2.24) is 9.97 Å². The highest BCUT2D eigenvalue weighted by atomic mass is 32.1. The second kappa shape index (κ2) is 7.89. The van der Waals surface area contributed by atoms with Crippen molar-refractivity contribution in [2.24, 2.45) is 0 Å². The maximum Gasteiger partial charge on any atom is 0.348 e. The lowest BCUT2D eigenvalue weighted by Gasteiger charge is -2.12. The molecule has 3 aromatic rings. The molecular formula is C19H17FN2O5S. The molecule has 1 N–H and O–H groups in total. The largest absolute Gasteiger partial charge is 0.462 e. The van der Waals surface area contributed by atoms with E-state index in [0.717, 1.165) is 17.4 Å². The molecule has 7 nitrogen and oxygen atoms in total. The smallest absolute Gasteiger partial charge is 0.348 e. The van der Waals surface area contributed by atoms with E-state index in [1.807, 2.05) is 0 Å². The van der Waals surface area contributed by atoms with Crippen LogP contribution in [-0.2, 0) is 9.47 Å². The number of carbonyl (C=O) groups excluding carboxylic acids is 2. The topological polar surface area (TPSA) is 98.3 Å². The van der Waals surface area contributed by atoms with Gasteiger partial charge in [0.25, 0.3) is 5.56 Å². The molecule has 0 radical (unpaired) electrons. The molecule has 28 heavy (non-hydrogen) atoms. The van der Waals surface area contributed by atoms with Gasteiger partial charge in [-0.1, -0.05) is 12.1 Å². The summed E-state index contributed by atoms with van der Waals surface area (Å²) < 4.78 is 24.0. The normalized spacial score (nSPS) is 12.0. The minimum absolute atomic E-state index is 0.0962. The summed E-state index contributed by atoms with van der Waals surface area (Å²) in [5.74, 6) is -2.01. The van der Waals surface area contributed by atoms with Gasteiger partial charge < -0.3 is 14.5 Å². The lowest BCUT2D eigenvalue weighted by Crippen LogP contribution is -2.17. The Bertz CT molecular complexity index is 1120. The number of halogens is 1. The number of thiophene rings is 1. The van der Waals surface area contributed by atoms with Crippen molar-refractivity contribution in [3.63, 3.8) is 0 Å². The minimum Gasteiger partial charge on any atom is -0.462 e. The van der Waals surface area contributed by atoms with E-state index >= 15 is 0 Å². The fourth-order valence-electron chi connectivity index (χ4n) is 2.65. The molecule has 1 aromatic carbocycles. The van der Waals surface area contributed by atoms with E-state index in [0.29, 0.717) is 15.3 Å². The van der Waals surface area contributed by atoms with Crippen LogP contribution in [-0.4, -0.2) is 28.5 Å². The van der Waals surface area contributed by atoms with Crippen LogP contribution in [0, 0.1) is 12.7 Å². The van der Waals surface area contributed by atoms with Crippen molar-refractivity contribution >= 4 is 33.5 Å². The van der Waals surface area contributed by atoms with Crippen LogP contribution < -0.4 is 5.56 Å². The average Bonchev–Trinajstić information content (AvgIpc) is 2.99. The standard InChI is InChI=1S/C19H17FN2O5S/c1-4-26-19(25)14-9(2)13-16(23)21-15(22-17(13)28-14)10(3)27-18(24)11-7-5-6-8-12(11)20/h5-8,10H,4H2,1-3H3,(H,21,22,23)/t10-/m1/s1. The summed E-state index contributed by atoms with van der Waals surface area (Å²) in [5.41, 5.74) is -0.192.